The highest BCUT2D eigenvalue weighted by Crippen LogP contribution is 2.78. The molecule has 4 saturated carbocycles. The molecule has 5 aliphatic carbocycles. The molecule has 53 heavy (non-hydrogen) atoms. The molecule has 1 aromatic rings. The highest BCUT2D eigenvalue weighted by molar-refractivity contribution is 7.91. The van der Waals surface area contributed by atoms with Crippen LogP contribution in [0, 0.1) is 56.7 Å². The van der Waals surface area contributed by atoms with Crippen molar-refractivity contribution in [3.63, 3.8) is 0 Å². The molecule has 292 valence electrons. The van der Waals surface area contributed by atoms with Crippen LogP contribution in [0.15, 0.2) is 54.6 Å². The second-order valence-electron chi connectivity index (χ2n) is 20.9. The minimum Gasteiger partial charge on any atom is -0.456 e. The lowest BCUT2D eigenvalue weighted by molar-refractivity contribution is -0.221. The van der Waals surface area contributed by atoms with E-state index in [0.717, 1.165) is 13.0 Å². The molecule has 0 amide bonds. The standard InChI is InChI=1S/C47H69NO4S/c1-32(2)35-18-24-47(21-11-27-48-28-30-53(50,51)31-29-48)26-25-45(9)37(40(35)47)16-17-39-44(8)22-19-36(43(6,7)38(44)20-23-46(39,45)10)33-12-14-34(15-13-33)41(49)52-42(3,4)5/h11-15,19,21,35,37-40H,1,16-18,20,22-31H2,2-10H3/b21-11+/t35?,37-,38+,39-,40-,44+,45-,46-,47-/m1/s1. The van der Waals surface area contributed by atoms with Crippen LogP contribution >= 0.6 is 0 Å². The number of rotatable bonds is 6. The highest BCUT2D eigenvalue weighted by atomic mass is 32.2. The number of fused-ring (bicyclic) bond motifs is 7. The van der Waals surface area contributed by atoms with Gasteiger partial charge in [0.1, 0.15) is 5.60 Å². The Morgan fingerprint density at radius 3 is 2.23 bits per heavy atom. The lowest BCUT2D eigenvalue weighted by atomic mass is 9.32. The number of hydrogen-bond acceptors (Lipinski definition) is 5. The number of nitrogens with zero attached hydrogens (tertiary/aromatic N) is 1. The summed E-state index contributed by atoms with van der Waals surface area (Å²) in [5.74, 6) is 3.53. The first-order valence-corrected chi connectivity index (χ1v) is 22.8. The summed E-state index contributed by atoms with van der Waals surface area (Å²) >= 11 is 0. The smallest absolute Gasteiger partial charge is 0.338 e. The van der Waals surface area contributed by atoms with Crippen molar-refractivity contribution in [2.24, 2.45) is 56.7 Å². The average molecular weight is 744 g/mol. The van der Waals surface area contributed by atoms with Gasteiger partial charge in [0.25, 0.3) is 0 Å². The zero-order valence-electron chi connectivity index (χ0n) is 34.5. The number of esters is 1. The molecule has 5 fully saturated rings. The Hall–Kier alpha value is -2.18. The summed E-state index contributed by atoms with van der Waals surface area (Å²) in [6.45, 7) is 27.9. The molecule has 1 aromatic carbocycles. The minimum absolute atomic E-state index is 0.0288. The average Bonchev–Trinajstić information content (AvgIpc) is 3.45. The fraction of sp³-hybridized carbons (Fsp3) is 0.723. The van der Waals surface area contributed by atoms with E-state index >= 15 is 0 Å². The van der Waals surface area contributed by atoms with Crippen molar-refractivity contribution in [3.05, 3.63) is 65.8 Å². The number of carbonyl (C=O) groups excluding carboxylic acids is 1. The van der Waals surface area contributed by atoms with Gasteiger partial charge in [-0.05, 0) is 165 Å². The van der Waals surface area contributed by atoms with E-state index in [1.165, 1.54) is 68.1 Å². The van der Waals surface area contributed by atoms with Crippen LogP contribution in [-0.2, 0) is 14.6 Å². The van der Waals surface area contributed by atoms with Crippen LogP contribution in [0.5, 0.6) is 0 Å². The summed E-state index contributed by atoms with van der Waals surface area (Å²) in [6.07, 6.45) is 19.0. The summed E-state index contributed by atoms with van der Waals surface area (Å²) in [4.78, 5) is 15.1. The molecule has 9 atom stereocenters. The van der Waals surface area contributed by atoms with Gasteiger partial charge in [-0.15, -0.1) is 0 Å². The first-order valence-electron chi connectivity index (χ1n) is 21.0. The predicted octanol–water partition coefficient (Wildman–Crippen LogP) is 10.6. The molecule has 6 heteroatoms. The molecule has 1 aliphatic heterocycles. The first kappa shape index (κ1) is 39.1. The molecule has 1 saturated heterocycles. The Kier molecular flexibility index (Phi) is 9.74. The number of hydrogen-bond donors (Lipinski definition) is 0. The molecule has 0 N–H and O–H groups in total. The van der Waals surface area contributed by atoms with Gasteiger partial charge in [-0.25, -0.2) is 13.2 Å². The molecule has 0 bridgehead atoms. The van der Waals surface area contributed by atoms with Gasteiger partial charge in [-0.3, -0.25) is 4.90 Å². The van der Waals surface area contributed by atoms with Crippen LogP contribution in [0.25, 0.3) is 5.57 Å². The number of allylic oxidation sites excluding steroid dienone is 4. The molecule has 0 radical (unpaired) electrons. The molecule has 6 aliphatic rings. The Morgan fingerprint density at radius 2 is 1.58 bits per heavy atom. The molecule has 0 aromatic heterocycles. The highest BCUT2D eigenvalue weighted by Gasteiger charge is 2.70. The Morgan fingerprint density at radius 1 is 0.906 bits per heavy atom. The topological polar surface area (TPSA) is 63.7 Å². The third kappa shape index (κ3) is 6.46. The summed E-state index contributed by atoms with van der Waals surface area (Å²) in [5.41, 5.74) is 5.23. The maximum Gasteiger partial charge on any atom is 0.338 e. The number of ether oxygens (including phenoxy) is 1. The van der Waals surface area contributed by atoms with Gasteiger partial charge < -0.3 is 4.74 Å². The Labute approximate surface area is 322 Å². The largest absolute Gasteiger partial charge is 0.456 e. The zero-order valence-corrected chi connectivity index (χ0v) is 35.3. The van der Waals surface area contributed by atoms with E-state index in [9.17, 15) is 13.2 Å². The zero-order chi connectivity index (χ0) is 38.4. The fourth-order valence-corrected chi connectivity index (χ4v) is 15.4. The quantitative estimate of drug-likeness (QED) is 0.214. The predicted molar refractivity (Wildman–Crippen MR) is 218 cm³/mol. The van der Waals surface area contributed by atoms with E-state index in [0.29, 0.717) is 59.7 Å². The van der Waals surface area contributed by atoms with E-state index in [1.54, 1.807) is 0 Å². The first-order chi connectivity index (χ1) is 24.7. The van der Waals surface area contributed by atoms with Crippen LogP contribution in [0.1, 0.15) is 136 Å². The number of sulfone groups is 1. The van der Waals surface area contributed by atoms with E-state index in [2.05, 4.69) is 83.4 Å². The van der Waals surface area contributed by atoms with Gasteiger partial charge in [-0.2, -0.15) is 0 Å². The van der Waals surface area contributed by atoms with E-state index < -0.39 is 15.4 Å². The Bertz CT molecular complexity index is 1770. The van der Waals surface area contributed by atoms with Gasteiger partial charge in [0.15, 0.2) is 9.84 Å². The van der Waals surface area contributed by atoms with Crippen molar-refractivity contribution in [3.8, 4) is 0 Å². The monoisotopic (exact) mass is 743 g/mol. The minimum atomic E-state index is -2.86. The summed E-state index contributed by atoms with van der Waals surface area (Å²) < 4.78 is 29.8. The van der Waals surface area contributed by atoms with Gasteiger partial charge in [-0.1, -0.05) is 77.1 Å². The second kappa shape index (κ2) is 13.2. The van der Waals surface area contributed by atoms with Crippen LogP contribution < -0.4 is 0 Å². The summed E-state index contributed by atoms with van der Waals surface area (Å²) in [5, 5.41) is 0. The summed E-state index contributed by atoms with van der Waals surface area (Å²) in [7, 11) is -2.86. The number of benzene rings is 1. The van der Waals surface area contributed by atoms with Crippen LogP contribution in [0.2, 0.25) is 0 Å². The molecule has 7 rings (SSSR count). The lowest BCUT2D eigenvalue weighted by Crippen LogP contribution is -2.65. The SMILES string of the molecule is C=C(C)C1CC[C@]2(/C=C/CN3CCS(=O)(=O)CC3)CC[C@]3(C)[C@H](CC[C@@H]4[C@@]5(C)CC=C(c6ccc(C(=O)OC(C)(C)C)cc6)C(C)(C)[C@@H]5CC[C@]43C)[C@@H]12. The normalized spacial score (nSPS) is 40.7. The van der Waals surface area contributed by atoms with Crippen LogP contribution in [0.4, 0.5) is 0 Å². The van der Waals surface area contributed by atoms with E-state index in [1.807, 2.05) is 32.9 Å². The maximum absolute atomic E-state index is 12.8. The maximum atomic E-state index is 12.8. The molecule has 1 heterocycles. The third-order valence-electron chi connectivity index (χ3n) is 16.8. The van der Waals surface area contributed by atoms with Crippen molar-refractivity contribution < 1.29 is 17.9 Å². The molecule has 0 spiro atoms. The molecule has 5 nitrogen and oxygen atoms in total. The molecular formula is C47H69NO4S. The number of carbonyl (C=O) groups is 1. The molecule has 1 unspecified atom stereocenters. The third-order valence-corrected chi connectivity index (χ3v) is 18.4. The van der Waals surface area contributed by atoms with Crippen molar-refractivity contribution in [2.45, 2.75) is 126 Å². The van der Waals surface area contributed by atoms with Gasteiger partial charge >= 0.3 is 5.97 Å². The van der Waals surface area contributed by atoms with Gasteiger partial charge in [0.2, 0.25) is 0 Å². The van der Waals surface area contributed by atoms with Crippen molar-refractivity contribution in [1.29, 1.82) is 0 Å². The lowest BCUT2D eigenvalue weighted by Gasteiger charge is -2.72. The van der Waals surface area contributed by atoms with Gasteiger partial charge in [0.05, 0.1) is 17.1 Å². The van der Waals surface area contributed by atoms with Crippen molar-refractivity contribution >= 4 is 21.4 Å². The second-order valence-corrected chi connectivity index (χ2v) is 23.2. The van der Waals surface area contributed by atoms with Crippen molar-refractivity contribution in [1.82, 2.24) is 4.90 Å². The fourth-order valence-electron chi connectivity index (χ4n) is 14.1. The van der Waals surface area contributed by atoms with Crippen molar-refractivity contribution in [2.75, 3.05) is 31.1 Å². The van der Waals surface area contributed by atoms with Crippen LogP contribution in [0.3, 0.4) is 0 Å². The Balaban J connectivity index is 1.14. The van der Waals surface area contributed by atoms with E-state index in [4.69, 9.17) is 4.74 Å². The summed E-state index contributed by atoms with van der Waals surface area (Å²) in [6, 6.07) is 8.20. The van der Waals surface area contributed by atoms with Crippen LogP contribution in [-0.4, -0.2) is 56.0 Å². The molecular weight excluding hydrogens is 675 g/mol. The van der Waals surface area contributed by atoms with E-state index in [-0.39, 0.29) is 33.0 Å². The van der Waals surface area contributed by atoms with Gasteiger partial charge in [0, 0.05) is 19.6 Å².